The molecule has 2 fully saturated rings. The molecule has 0 unspecified atom stereocenters. The van der Waals surface area contributed by atoms with Crippen LogP contribution in [-0.2, 0) is 19.0 Å². The Bertz CT molecular complexity index is 841. The lowest BCUT2D eigenvalue weighted by Gasteiger charge is -2.22. The fraction of sp³-hybridized carbons (Fsp3) is 0.412. The average molecular weight is 375 g/mol. The molecule has 2 saturated heterocycles. The number of fused-ring (bicyclic) bond motifs is 1. The molecule has 27 heavy (non-hydrogen) atoms. The van der Waals surface area contributed by atoms with E-state index in [4.69, 9.17) is 18.6 Å². The van der Waals surface area contributed by atoms with Crippen LogP contribution in [0.4, 0.5) is 9.59 Å². The van der Waals surface area contributed by atoms with Crippen molar-refractivity contribution in [2.45, 2.75) is 25.0 Å². The van der Waals surface area contributed by atoms with Gasteiger partial charge in [-0.05, 0) is 12.1 Å². The Hall–Kier alpha value is -3.14. The Kier molecular flexibility index (Phi) is 4.63. The molecule has 0 bridgehead atoms. The summed E-state index contributed by atoms with van der Waals surface area (Å²) in [5.74, 6) is -0.297. The second-order valence-electron chi connectivity index (χ2n) is 6.16. The average Bonchev–Trinajstić information content (AvgIpc) is 3.22. The van der Waals surface area contributed by atoms with Crippen LogP contribution in [-0.4, -0.2) is 54.0 Å². The number of nitrogens with one attached hydrogen (secondary N) is 1. The van der Waals surface area contributed by atoms with Crippen LogP contribution >= 0.6 is 0 Å². The molecule has 4 rings (SSSR count). The van der Waals surface area contributed by atoms with Crippen LogP contribution in [0.2, 0.25) is 0 Å². The number of amides is 3. The summed E-state index contributed by atoms with van der Waals surface area (Å²) in [5.41, 5.74) is 0.553. The predicted octanol–water partition coefficient (Wildman–Crippen LogP) is 1.71. The van der Waals surface area contributed by atoms with E-state index in [1.807, 2.05) is 0 Å². The van der Waals surface area contributed by atoms with Gasteiger partial charge in [0, 0.05) is 30.6 Å². The number of hydrogen-bond donors (Lipinski definition) is 1. The fourth-order valence-electron chi connectivity index (χ4n) is 2.96. The minimum atomic E-state index is -0.986. The number of hydrogen-bond acceptors (Lipinski definition) is 8. The van der Waals surface area contributed by atoms with E-state index < -0.39 is 30.9 Å². The minimum Gasteiger partial charge on any atom is -0.458 e. The van der Waals surface area contributed by atoms with Crippen molar-refractivity contribution in [1.82, 2.24) is 15.2 Å². The van der Waals surface area contributed by atoms with Gasteiger partial charge in [-0.3, -0.25) is 9.78 Å². The van der Waals surface area contributed by atoms with Crippen molar-refractivity contribution >= 4 is 29.1 Å². The number of pyridine rings is 1. The Labute approximate surface area is 153 Å². The Morgan fingerprint density at radius 3 is 2.93 bits per heavy atom. The van der Waals surface area contributed by atoms with Gasteiger partial charge in [0.05, 0.1) is 13.2 Å². The van der Waals surface area contributed by atoms with Crippen LogP contribution in [0.1, 0.15) is 24.6 Å². The van der Waals surface area contributed by atoms with Crippen LogP contribution < -0.4 is 5.32 Å². The van der Waals surface area contributed by atoms with E-state index in [-0.39, 0.29) is 11.9 Å². The number of urea groups is 1. The summed E-state index contributed by atoms with van der Waals surface area (Å²) >= 11 is 0. The second-order valence-corrected chi connectivity index (χ2v) is 6.16. The molecule has 3 amide bonds. The molecule has 0 radical (unpaired) electrons. The van der Waals surface area contributed by atoms with E-state index in [0.29, 0.717) is 37.0 Å². The SMILES string of the molecule is O=C(OCN1C(=O)N[C@@H](c2cc3cnccc3o2)C1=O)OC1CCOCC1. The summed E-state index contributed by atoms with van der Waals surface area (Å²) in [4.78, 5) is 41.1. The van der Waals surface area contributed by atoms with Crippen molar-refractivity contribution in [3.63, 3.8) is 0 Å². The highest BCUT2D eigenvalue weighted by atomic mass is 16.7. The zero-order valence-electron chi connectivity index (χ0n) is 14.3. The zero-order valence-corrected chi connectivity index (χ0v) is 14.3. The third-order valence-corrected chi connectivity index (χ3v) is 4.39. The molecular formula is C17H17N3O7. The number of ether oxygens (including phenoxy) is 3. The topological polar surface area (TPSA) is 120 Å². The van der Waals surface area contributed by atoms with Gasteiger partial charge < -0.3 is 23.9 Å². The molecule has 4 heterocycles. The molecule has 1 atom stereocenters. The first-order valence-electron chi connectivity index (χ1n) is 8.48. The van der Waals surface area contributed by atoms with Crippen LogP contribution in [0.25, 0.3) is 11.0 Å². The van der Waals surface area contributed by atoms with Crippen molar-refractivity contribution in [2.75, 3.05) is 19.9 Å². The summed E-state index contributed by atoms with van der Waals surface area (Å²) in [6.45, 7) is 0.490. The number of rotatable bonds is 4. The smallest absolute Gasteiger partial charge is 0.458 e. The Morgan fingerprint density at radius 2 is 2.15 bits per heavy atom. The third kappa shape index (κ3) is 3.56. The summed E-state index contributed by atoms with van der Waals surface area (Å²) in [6, 6.07) is 1.63. The lowest BCUT2D eigenvalue weighted by molar-refractivity contribution is -0.131. The largest absolute Gasteiger partial charge is 0.510 e. The van der Waals surface area contributed by atoms with Crippen LogP contribution in [0.15, 0.2) is 28.9 Å². The number of imide groups is 1. The molecule has 2 aliphatic heterocycles. The molecular weight excluding hydrogens is 358 g/mol. The third-order valence-electron chi connectivity index (χ3n) is 4.39. The first-order valence-corrected chi connectivity index (χ1v) is 8.48. The highest BCUT2D eigenvalue weighted by molar-refractivity contribution is 6.04. The molecule has 2 aromatic rings. The number of aromatic nitrogens is 1. The second kappa shape index (κ2) is 7.23. The highest BCUT2D eigenvalue weighted by Crippen LogP contribution is 2.27. The molecule has 0 aromatic carbocycles. The van der Waals surface area contributed by atoms with E-state index in [1.165, 1.54) is 0 Å². The number of carbonyl (C=O) groups excluding carboxylic acids is 3. The van der Waals surface area contributed by atoms with Gasteiger partial charge in [-0.2, -0.15) is 0 Å². The van der Waals surface area contributed by atoms with Crippen LogP contribution in [0, 0.1) is 0 Å². The van der Waals surface area contributed by atoms with Crippen molar-refractivity contribution in [1.29, 1.82) is 0 Å². The number of nitrogens with zero attached hydrogens (tertiary/aromatic N) is 2. The van der Waals surface area contributed by atoms with Gasteiger partial charge in [0.25, 0.3) is 5.91 Å². The normalized spacial score (nSPS) is 20.7. The van der Waals surface area contributed by atoms with E-state index in [0.717, 1.165) is 4.90 Å². The van der Waals surface area contributed by atoms with Gasteiger partial charge in [-0.1, -0.05) is 0 Å². The highest BCUT2D eigenvalue weighted by Gasteiger charge is 2.41. The molecule has 0 saturated carbocycles. The van der Waals surface area contributed by atoms with Crippen LogP contribution in [0.3, 0.4) is 0 Å². The van der Waals surface area contributed by atoms with Gasteiger partial charge in [0.1, 0.15) is 17.4 Å². The molecule has 10 nitrogen and oxygen atoms in total. The van der Waals surface area contributed by atoms with Gasteiger partial charge in [0.15, 0.2) is 12.8 Å². The van der Waals surface area contributed by atoms with E-state index >= 15 is 0 Å². The lowest BCUT2D eigenvalue weighted by atomic mass is 10.2. The van der Waals surface area contributed by atoms with Gasteiger partial charge in [0.2, 0.25) is 0 Å². The standard InChI is InChI=1S/C17H17N3O7/c21-15-14(13-7-10-8-18-4-1-12(10)27-13)19-16(22)20(15)9-25-17(23)26-11-2-5-24-6-3-11/h1,4,7-8,11,14H,2-3,5-6,9H2,(H,19,22)/t14-/m0/s1. The van der Waals surface area contributed by atoms with Gasteiger partial charge in [-0.25, -0.2) is 14.5 Å². The van der Waals surface area contributed by atoms with Crippen molar-refractivity contribution in [2.24, 2.45) is 0 Å². The summed E-state index contributed by atoms with van der Waals surface area (Å²) in [7, 11) is 0. The molecule has 0 aliphatic carbocycles. The van der Waals surface area contributed by atoms with Gasteiger partial charge in [-0.15, -0.1) is 0 Å². The maximum absolute atomic E-state index is 12.5. The predicted molar refractivity (Wildman–Crippen MR) is 88.4 cm³/mol. The minimum absolute atomic E-state index is 0.281. The summed E-state index contributed by atoms with van der Waals surface area (Å²) in [6.07, 6.45) is 3.11. The molecule has 10 heteroatoms. The lowest BCUT2D eigenvalue weighted by Crippen LogP contribution is -2.35. The van der Waals surface area contributed by atoms with Crippen molar-refractivity contribution in [3.05, 3.63) is 30.3 Å². The monoisotopic (exact) mass is 375 g/mol. The first-order chi connectivity index (χ1) is 13.1. The molecule has 1 N–H and O–H groups in total. The quantitative estimate of drug-likeness (QED) is 0.633. The maximum Gasteiger partial charge on any atom is 0.510 e. The number of furan rings is 1. The number of carbonyl (C=O) groups is 3. The first kappa shape index (κ1) is 17.3. The molecule has 0 spiro atoms. The molecule has 2 aliphatic rings. The Balaban J connectivity index is 1.37. The van der Waals surface area contributed by atoms with Crippen molar-refractivity contribution in [3.8, 4) is 0 Å². The van der Waals surface area contributed by atoms with Crippen LogP contribution in [0.5, 0.6) is 0 Å². The molecule has 2 aromatic heterocycles. The fourth-order valence-corrected chi connectivity index (χ4v) is 2.96. The zero-order chi connectivity index (χ0) is 18.8. The van der Waals surface area contributed by atoms with Crippen molar-refractivity contribution < 1.29 is 33.0 Å². The van der Waals surface area contributed by atoms with Gasteiger partial charge >= 0.3 is 12.2 Å². The van der Waals surface area contributed by atoms with E-state index in [9.17, 15) is 14.4 Å². The summed E-state index contributed by atoms with van der Waals surface area (Å²) in [5, 5.41) is 3.22. The van der Waals surface area contributed by atoms with E-state index in [2.05, 4.69) is 10.3 Å². The van der Waals surface area contributed by atoms with E-state index in [1.54, 1.807) is 24.5 Å². The Morgan fingerprint density at radius 1 is 1.33 bits per heavy atom. The molecule has 142 valence electrons. The maximum atomic E-state index is 12.5. The summed E-state index contributed by atoms with van der Waals surface area (Å²) < 4.78 is 20.8.